The zero-order valence-corrected chi connectivity index (χ0v) is 11.0. The fourth-order valence-electron chi connectivity index (χ4n) is 2.84. The van der Waals surface area contributed by atoms with E-state index in [2.05, 4.69) is 43.3 Å². The zero-order chi connectivity index (χ0) is 11.9. The van der Waals surface area contributed by atoms with Gasteiger partial charge in [0.25, 0.3) is 0 Å². The fourth-order valence-corrected chi connectivity index (χ4v) is 2.84. The number of rotatable bonds is 4. The van der Waals surface area contributed by atoms with Crippen LogP contribution in [0.3, 0.4) is 0 Å². The van der Waals surface area contributed by atoms with Gasteiger partial charge in [-0.2, -0.15) is 0 Å². The molecule has 0 nitrogen and oxygen atoms in total. The van der Waals surface area contributed by atoms with Crippen LogP contribution in [0.5, 0.6) is 0 Å². The smallest absolute Gasteiger partial charge is 0.0206 e. The Morgan fingerprint density at radius 2 is 1.82 bits per heavy atom. The first kappa shape index (κ1) is 12.4. The van der Waals surface area contributed by atoms with Crippen molar-refractivity contribution in [2.75, 3.05) is 0 Å². The topological polar surface area (TPSA) is 0 Å². The molecular weight excluding hydrogens is 204 g/mol. The van der Waals surface area contributed by atoms with E-state index < -0.39 is 0 Å². The lowest BCUT2D eigenvalue weighted by Crippen LogP contribution is -2.07. The van der Waals surface area contributed by atoms with Gasteiger partial charge in [0.15, 0.2) is 0 Å². The van der Waals surface area contributed by atoms with Gasteiger partial charge < -0.3 is 0 Å². The molecule has 0 aliphatic heterocycles. The van der Waals surface area contributed by atoms with E-state index in [9.17, 15) is 0 Å². The molecule has 0 bridgehead atoms. The SMILES string of the molecule is C/C(=C\CCc1ccccc1)C1CCCCC1. The molecule has 1 saturated carbocycles. The van der Waals surface area contributed by atoms with Gasteiger partial charge >= 0.3 is 0 Å². The first-order chi connectivity index (χ1) is 8.36. The van der Waals surface area contributed by atoms with E-state index in [-0.39, 0.29) is 0 Å². The van der Waals surface area contributed by atoms with Gasteiger partial charge in [0.05, 0.1) is 0 Å². The highest BCUT2D eigenvalue weighted by molar-refractivity contribution is 5.16. The summed E-state index contributed by atoms with van der Waals surface area (Å²) in [6.45, 7) is 2.33. The van der Waals surface area contributed by atoms with Gasteiger partial charge in [-0.05, 0) is 44.1 Å². The summed E-state index contributed by atoms with van der Waals surface area (Å²) in [7, 11) is 0. The van der Waals surface area contributed by atoms with Crippen molar-refractivity contribution in [3.05, 3.63) is 47.5 Å². The van der Waals surface area contributed by atoms with Crippen molar-refractivity contribution in [2.24, 2.45) is 5.92 Å². The Kier molecular flexibility index (Phi) is 4.85. The van der Waals surface area contributed by atoms with Crippen molar-refractivity contribution in [1.82, 2.24) is 0 Å². The maximum atomic E-state index is 2.48. The van der Waals surface area contributed by atoms with E-state index in [0.29, 0.717) is 0 Å². The Morgan fingerprint density at radius 1 is 1.12 bits per heavy atom. The average Bonchev–Trinajstić information content (AvgIpc) is 2.41. The standard InChI is InChI=1S/C17H24/c1-15(17-13-6-3-7-14-17)9-8-12-16-10-4-2-5-11-16/h2,4-5,9-11,17H,3,6-8,12-14H2,1H3/b15-9+. The molecule has 2 rings (SSSR count). The third kappa shape index (κ3) is 4.03. The molecule has 0 heteroatoms. The maximum absolute atomic E-state index is 2.48. The largest absolute Gasteiger partial charge is 0.0850 e. The number of benzene rings is 1. The van der Waals surface area contributed by atoms with Crippen molar-refractivity contribution < 1.29 is 0 Å². The van der Waals surface area contributed by atoms with Crippen molar-refractivity contribution in [1.29, 1.82) is 0 Å². The molecule has 0 amide bonds. The van der Waals surface area contributed by atoms with E-state index >= 15 is 0 Å². The van der Waals surface area contributed by atoms with E-state index in [1.807, 2.05) is 0 Å². The Bertz CT molecular complexity index is 342. The van der Waals surface area contributed by atoms with E-state index in [4.69, 9.17) is 0 Å². The van der Waals surface area contributed by atoms with Crippen LogP contribution in [-0.4, -0.2) is 0 Å². The van der Waals surface area contributed by atoms with Crippen molar-refractivity contribution in [2.45, 2.75) is 51.9 Å². The van der Waals surface area contributed by atoms with Crippen LogP contribution in [-0.2, 0) is 6.42 Å². The van der Waals surface area contributed by atoms with Crippen LogP contribution in [0, 0.1) is 5.92 Å². The van der Waals surface area contributed by atoms with Crippen LogP contribution in [0.2, 0.25) is 0 Å². The lowest BCUT2D eigenvalue weighted by atomic mass is 9.84. The minimum absolute atomic E-state index is 0.888. The summed E-state index contributed by atoms with van der Waals surface area (Å²) in [5, 5.41) is 0. The first-order valence-electron chi connectivity index (χ1n) is 7.07. The molecule has 1 aliphatic rings. The maximum Gasteiger partial charge on any atom is -0.0206 e. The number of hydrogen-bond acceptors (Lipinski definition) is 0. The third-order valence-electron chi connectivity index (χ3n) is 3.99. The van der Waals surface area contributed by atoms with Crippen LogP contribution in [0.15, 0.2) is 42.0 Å². The van der Waals surface area contributed by atoms with Crippen molar-refractivity contribution in [3.8, 4) is 0 Å². The molecule has 1 aromatic carbocycles. The van der Waals surface area contributed by atoms with E-state index in [1.165, 1.54) is 50.5 Å². The van der Waals surface area contributed by atoms with Gasteiger partial charge in [0.2, 0.25) is 0 Å². The lowest BCUT2D eigenvalue weighted by Gasteiger charge is -2.22. The number of hydrogen-bond donors (Lipinski definition) is 0. The molecule has 1 aromatic rings. The summed E-state index contributed by atoms with van der Waals surface area (Å²) in [4.78, 5) is 0. The fraction of sp³-hybridized carbons (Fsp3) is 0.529. The van der Waals surface area contributed by atoms with Gasteiger partial charge in [-0.15, -0.1) is 0 Å². The molecule has 0 spiro atoms. The molecule has 0 radical (unpaired) electrons. The van der Waals surface area contributed by atoms with Crippen LogP contribution in [0.1, 0.15) is 51.0 Å². The molecule has 0 aromatic heterocycles. The third-order valence-corrected chi connectivity index (χ3v) is 3.99. The molecule has 17 heavy (non-hydrogen) atoms. The summed E-state index contributed by atoms with van der Waals surface area (Å²) < 4.78 is 0. The summed E-state index contributed by atoms with van der Waals surface area (Å²) in [6.07, 6.45) is 12.0. The monoisotopic (exact) mass is 228 g/mol. The molecular formula is C17H24. The quantitative estimate of drug-likeness (QED) is 0.625. The zero-order valence-electron chi connectivity index (χ0n) is 11.0. The van der Waals surface area contributed by atoms with Crippen LogP contribution in [0.25, 0.3) is 0 Å². The number of aryl methyl sites for hydroxylation is 1. The van der Waals surface area contributed by atoms with Gasteiger partial charge in [0, 0.05) is 0 Å². The Hall–Kier alpha value is -1.04. The summed E-state index contributed by atoms with van der Waals surface area (Å²) in [5.74, 6) is 0.888. The predicted molar refractivity (Wildman–Crippen MR) is 75.1 cm³/mol. The minimum atomic E-state index is 0.888. The van der Waals surface area contributed by atoms with Crippen LogP contribution < -0.4 is 0 Å². The average molecular weight is 228 g/mol. The Labute approximate surface area is 106 Å². The second-order valence-electron chi connectivity index (χ2n) is 5.31. The highest BCUT2D eigenvalue weighted by atomic mass is 14.2. The first-order valence-corrected chi connectivity index (χ1v) is 7.07. The van der Waals surface area contributed by atoms with Crippen molar-refractivity contribution in [3.63, 3.8) is 0 Å². The second kappa shape index (κ2) is 6.64. The van der Waals surface area contributed by atoms with Gasteiger partial charge in [-0.1, -0.05) is 61.2 Å². The van der Waals surface area contributed by atoms with Crippen molar-refractivity contribution >= 4 is 0 Å². The molecule has 1 aliphatic carbocycles. The second-order valence-corrected chi connectivity index (χ2v) is 5.31. The Balaban J connectivity index is 1.79. The van der Waals surface area contributed by atoms with Gasteiger partial charge in [-0.3, -0.25) is 0 Å². The highest BCUT2D eigenvalue weighted by Gasteiger charge is 2.14. The molecule has 0 heterocycles. The minimum Gasteiger partial charge on any atom is -0.0850 e. The van der Waals surface area contributed by atoms with Gasteiger partial charge in [-0.25, -0.2) is 0 Å². The Morgan fingerprint density at radius 3 is 2.53 bits per heavy atom. The molecule has 0 N–H and O–H groups in total. The summed E-state index contributed by atoms with van der Waals surface area (Å²) in [6, 6.07) is 10.8. The van der Waals surface area contributed by atoms with Gasteiger partial charge in [0.1, 0.15) is 0 Å². The number of allylic oxidation sites excluding steroid dienone is 2. The van der Waals surface area contributed by atoms with Crippen LogP contribution in [0.4, 0.5) is 0 Å². The molecule has 1 fully saturated rings. The molecule has 92 valence electrons. The molecule has 0 unspecified atom stereocenters. The molecule has 0 atom stereocenters. The molecule has 0 saturated heterocycles. The lowest BCUT2D eigenvalue weighted by molar-refractivity contribution is 0.402. The summed E-state index contributed by atoms with van der Waals surface area (Å²) >= 11 is 0. The van der Waals surface area contributed by atoms with Crippen LogP contribution >= 0.6 is 0 Å². The highest BCUT2D eigenvalue weighted by Crippen LogP contribution is 2.29. The van der Waals surface area contributed by atoms with E-state index in [0.717, 1.165) is 5.92 Å². The normalized spacial score (nSPS) is 18.3. The summed E-state index contributed by atoms with van der Waals surface area (Å²) in [5.41, 5.74) is 3.10. The predicted octanol–water partition coefficient (Wildman–Crippen LogP) is 5.15. The van der Waals surface area contributed by atoms with E-state index in [1.54, 1.807) is 5.57 Å².